The molecular weight excluding hydrogens is 278 g/mol. The molecule has 0 aliphatic heterocycles. The fourth-order valence-electron chi connectivity index (χ4n) is 2.01. The van der Waals surface area contributed by atoms with E-state index < -0.39 is 5.97 Å². The van der Waals surface area contributed by atoms with Gasteiger partial charge in [-0.05, 0) is 35.9 Å². The minimum absolute atomic E-state index is 0.251. The zero-order chi connectivity index (χ0) is 15.4. The Hall–Kier alpha value is -3.21. The lowest BCUT2D eigenvalue weighted by atomic mass is 10.1. The Labute approximate surface area is 126 Å². The molecule has 108 valence electrons. The molecule has 2 aromatic carbocycles. The lowest BCUT2D eigenvalue weighted by Crippen LogP contribution is -1.97. The van der Waals surface area contributed by atoms with Crippen LogP contribution in [0.1, 0.15) is 15.9 Å². The standard InChI is InChI=1S/C17H13N3O2/c21-17(22)14-7-5-12(6-8-14)11-18-20-16-10-9-13-3-1-2-4-15(13)19-16/h1-11H,(H,19,20)(H,21,22). The predicted octanol–water partition coefficient (Wildman–Crippen LogP) is 3.38. The molecule has 0 fully saturated rings. The summed E-state index contributed by atoms with van der Waals surface area (Å²) in [7, 11) is 0. The highest BCUT2D eigenvalue weighted by Gasteiger charge is 2.00. The van der Waals surface area contributed by atoms with Gasteiger partial charge in [0, 0.05) is 5.39 Å². The molecule has 3 rings (SSSR count). The number of para-hydroxylation sites is 1. The number of hydrazone groups is 1. The number of fused-ring (bicyclic) bond motifs is 1. The number of carboxylic acids is 1. The van der Waals surface area contributed by atoms with Crippen LogP contribution in [0, 0.1) is 0 Å². The van der Waals surface area contributed by atoms with Gasteiger partial charge >= 0.3 is 5.97 Å². The largest absolute Gasteiger partial charge is 0.478 e. The van der Waals surface area contributed by atoms with Crippen LogP contribution in [0.5, 0.6) is 0 Å². The zero-order valence-electron chi connectivity index (χ0n) is 11.6. The number of nitrogens with one attached hydrogen (secondary N) is 1. The van der Waals surface area contributed by atoms with E-state index >= 15 is 0 Å². The number of rotatable bonds is 4. The molecule has 0 spiro atoms. The second-order valence-electron chi connectivity index (χ2n) is 4.69. The van der Waals surface area contributed by atoms with Gasteiger partial charge in [0.05, 0.1) is 17.3 Å². The zero-order valence-corrected chi connectivity index (χ0v) is 11.6. The van der Waals surface area contributed by atoms with Crippen LogP contribution in [0.25, 0.3) is 10.9 Å². The molecule has 22 heavy (non-hydrogen) atoms. The molecule has 2 N–H and O–H groups in total. The van der Waals surface area contributed by atoms with E-state index in [2.05, 4.69) is 15.5 Å². The summed E-state index contributed by atoms with van der Waals surface area (Å²) in [4.78, 5) is 15.2. The Morgan fingerprint density at radius 2 is 1.82 bits per heavy atom. The predicted molar refractivity (Wildman–Crippen MR) is 86.4 cm³/mol. The monoisotopic (exact) mass is 291 g/mol. The Bertz CT molecular complexity index is 842. The topological polar surface area (TPSA) is 74.6 Å². The van der Waals surface area contributed by atoms with Crippen LogP contribution in [0.2, 0.25) is 0 Å². The third-order valence-electron chi connectivity index (χ3n) is 3.15. The number of aromatic nitrogens is 1. The first kappa shape index (κ1) is 13.8. The van der Waals surface area contributed by atoms with E-state index in [4.69, 9.17) is 5.11 Å². The van der Waals surface area contributed by atoms with Crippen molar-refractivity contribution < 1.29 is 9.90 Å². The number of carbonyl (C=O) groups is 1. The van der Waals surface area contributed by atoms with Crippen molar-refractivity contribution in [2.45, 2.75) is 0 Å². The van der Waals surface area contributed by atoms with Crippen LogP contribution in [0.4, 0.5) is 5.82 Å². The summed E-state index contributed by atoms with van der Waals surface area (Å²) in [6.45, 7) is 0. The van der Waals surface area contributed by atoms with Crippen molar-refractivity contribution in [1.82, 2.24) is 4.98 Å². The number of hydrogen-bond donors (Lipinski definition) is 2. The molecule has 0 saturated heterocycles. The summed E-state index contributed by atoms with van der Waals surface area (Å²) in [6.07, 6.45) is 1.61. The van der Waals surface area contributed by atoms with Crippen LogP contribution in [0.15, 0.2) is 65.8 Å². The summed E-state index contributed by atoms with van der Waals surface area (Å²) < 4.78 is 0. The van der Waals surface area contributed by atoms with E-state index in [1.54, 1.807) is 18.3 Å². The molecular formula is C17H13N3O2. The Morgan fingerprint density at radius 3 is 2.59 bits per heavy atom. The highest BCUT2D eigenvalue weighted by Crippen LogP contribution is 2.14. The third-order valence-corrected chi connectivity index (χ3v) is 3.15. The van der Waals surface area contributed by atoms with Gasteiger partial charge in [0.2, 0.25) is 0 Å². The van der Waals surface area contributed by atoms with Crippen LogP contribution in [0.3, 0.4) is 0 Å². The Kier molecular flexibility index (Phi) is 3.78. The maximum atomic E-state index is 10.8. The SMILES string of the molecule is O=C(O)c1ccc(C=NNc2ccc3ccccc3n2)cc1. The molecule has 0 saturated carbocycles. The summed E-state index contributed by atoms with van der Waals surface area (Å²) in [5.74, 6) is -0.293. The van der Waals surface area contributed by atoms with Crippen molar-refractivity contribution in [1.29, 1.82) is 0 Å². The molecule has 0 amide bonds. The number of aromatic carboxylic acids is 1. The molecule has 0 aliphatic rings. The number of carboxylic acid groups (broad SMARTS) is 1. The van der Waals surface area contributed by atoms with E-state index in [0.29, 0.717) is 5.82 Å². The maximum absolute atomic E-state index is 10.8. The van der Waals surface area contributed by atoms with Crippen molar-refractivity contribution in [3.05, 3.63) is 71.8 Å². The average Bonchev–Trinajstić information content (AvgIpc) is 2.55. The number of pyridine rings is 1. The Morgan fingerprint density at radius 1 is 1.05 bits per heavy atom. The minimum Gasteiger partial charge on any atom is -0.478 e. The average molecular weight is 291 g/mol. The number of benzene rings is 2. The maximum Gasteiger partial charge on any atom is 0.335 e. The minimum atomic E-state index is -0.943. The van der Waals surface area contributed by atoms with Gasteiger partial charge in [-0.1, -0.05) is 30.3 Å². The summed E-state index contributed by atoms with van der Waals surface area (Å²) >= 11 is 0. The lowest BCUT2D eigenvalue weighted by Gasteiger charge is -2.01. The molecule has 0 bridgehead atoms. The van der Waals surface area contributed by atoms with Gasteiger partial charge in [-0.25, -0.2) is 9.78 Å². The number of anilines is 1. The fourth-order valence-corrected chi connectivity index (χ4v) is 2.01. The van der Waals surface area contributed by atoms with Gasteiger partial charge in [-0.3, -0.25) is 5.43 Å². The molecule has 5 heteroatoms. The second-order valence-corrected chi connectivity index (χ2v) is 4.69. The van der Waals surface area contributed by atoms with E-state index in [0.717, 1.165) is 16.5 Å². The molecule has 3 aromatic rings. The molecule has 1 heterocycles. The van der Waals surface area contributed by atoms with Crippen molar-refractivity contribution in [2.24, 2.45) is 5.10 Å². The van der Waals surface area contributed by atoms with Gasteiger partial charge in [0.25, 0.3) is 0 Å². The van der Waals surface area contributed by atoms with Crippen LogP contribution in [-0.2, 0) is 0 Å². The molecule has 1 aromatic heterocycles. The second kappa shape index (κ2) is 6.05. The van der Waals surface area contributed by atoms with Gasteiger partial charge in [-0.2, -0.15) is 5.10 Å². The normalized spacial score (nSPS) is 10.9. The van der Waals surface area contributed by atoms with Gasteiger partial charge < -0.3 is 5.11 Å². The first-order chi connectivity index (χ1) is 10.7. The third kappa shape index (κ3) is 3.09. The molecule has 5 nitrogen and oxygen atoms in total. The van der Waals surface area contributed by atoms with E-state index in [-0.39, 0.29) is 5.56 Å². The fraction of sp³-hybridized carbons (Fsp3) is 0. The van der Waals surface area contributed by atoms with Crippen molar-refractivity contribution >= 4 is 28.9 Å². The van der Waals surface area contributed by atoms with Gasteiger partial charge in [0.1, 0.15) is 5.82 Å². The molecule has 0 unspecified atom stereocenters. The van der Waals surface area contributed by atoms with Crippen molar-refractivity contribution in [3.8, 4) is 0 Å². The highest BCUT2D eigenvalue weighted by molar-refractivity contribution is 5.89. The summed E-state index contributed by atoms with van der Waals surface area (Å²) in [5, 5.41) is 14.0. The first-order valence-corrected chi connectivity index (χ1v) is 6.70. The lowest BCUT2D eigenvalue weighted by molar-refractivity contribution is 0.0697. The van der Waals surface area contributed by atoms with Crippen LogP contribution < -0.4 is 5.43 Å². The van der Waals surface area contributed by atoms with Crippen LogP contribution in [-0.4, -0.2) is 22.3 Å². The summed E-state index contributed by atoms with van der Waals surface area (Å²) in [5.41, 5.74) is 4.82. The van der Waals surface area contributed by atoms with Crippen LogP contribution >= 0.6 is 0 Å². The molecule has 0 atom stereocenters. The number of hydrogen-bond acceptors (Lipinski definition) is 4. The highest BCUT2D eigenvalue weighted by atomic mass is 16.4. The van der Waals surface area contributed by atoms with Crippen molar-refractivity contribution in [2.75, 3.05) is 5.43 Å². The van der Waals surface area contributed by atoms with Gasteiger partial charge in [0.15, 0.2) is 0 Å². The Balaban J connectivity index is 1.71. The van der Waals surface area contributed by atoms with Gasteiger partial charge in [-0.15, -0.1) is 0 Å². The first-order valence-electron chi connectivity index (χ1n) is 6.70. The summed E-state index contributed by atoms with van der Waals surface area (Å²) in [6, 6.07) is 18.1. The molecule has 0 aliphatic carbocycles. The van der Waals surface area contributed by atoms with E-state index in [1.807, 2.05) is 36.4 Å². The van der Waals surface area contributed by atoms with E-state index in [1.165, 1.54) is 12.1 Å². The quantitative estimate of drug-likeness (QED) is 0.571. The van der Waals surface area contributed by atoms with Crippen molar-refractivity contribution in [3.63, 3.8) is 0 Å². The molecule has 0 radical (unpaired) electrons. The number of nitrogens with zero attached hydrogens (tertiary/aromatic N) is 2. The smallest absolute Gasteiger partial charge is 0.335 e. The van der Waals surface area contributed by atoms with E-state index in [9.17, 15) is 4.79 Å².